The van der Waals surface area contributed by atoms with E-state index in [0.29, 0.717) is 11.8 Å². The maximum Gasteiger partial charge on any atom is 0.230 e. The Kier molecular flexibility index (Phi) is 6.88. The van der Waals surface area contributed by atoms with Gasteiger partial charge in [-0.05, 0) is 18.8 Å². The van der Waals surface area contributed by atoms with Gasteiger partial charge in [0.2, 0.25) is 5.91 Å². The van der Waals surface area contributed by atoms with Crippen LogP contribution in [0.2, 0.25) is 0 Å². The molecule has 1 aliphatic rings. The number of hydrogen-bond acceptors (Lipinski definition) is 3. The zero-order valence-electron chi connectivity index (χ0n) is 10.3. The van der Waals surface area contributed by atoms with Crippen LogP contribution in [-0.4, -0.2) is 37.2 Å². The van der Waals surface area contributed by atoms with Crippen molar-refractivity contribution in [2.24, 2.45) is 5.92 Å². The van der Waals surface area contributed by atoms with E-state index in [1.165, 1.54) is 12.8 Å². The maximum absolute atomic E-state index is 11.6. The molecule has 0 aliphatic heterocycles. The summed E-state index contributed by atoms with van der Waals surface area (Å²) in [5.41, 5.74) is 0. The van der Waals surface area contributed by atoms with Gasteiger partial charge in [0, 0.05) is 18.9 Å². The SMILES string of the molecule is COCCSCC(=O)NC1CCCC(C)C1. The van der Waals surface area contributed by atoms with Crippen molar-refractivity contribution in [3.63, 3.8) is 0 Å². The zero-order chi connectivity index (χ0) is 11.8. The molecule has 2 atom stereocenters. The van der Waals surface area contributed by atoms with Crippen molar-refractivity contribution in [3.05, 3.63) is 0 Å². The molecular weight excluding hydrogens is 222 g/mol. The van der Waals surface area contributed by atoms with Gasteiger partial charge < -0.3 is 10.1 Å². The van der Waals surface area contributed by atoms with Crippen LogP contribution in [0.25, 0.3) is 0 Å². The fourth-order valence-corrected chi connectivity index (χ4v) is 2.84. The van der Waals surface area contributed by atoms with Crippen LogP contribution in [0.4, 0.5) is 0 Å². The molecule has 0 aromatic carbocycles. The molecule has 0 bridgehead atoms. The van der Waals surface area contributed by atoms with E-state index in [1.807, 2.05) is 0 Å². The van der Waals surface area contributed by atoms with E-state index in [-0.39, 0.29) is 5.91 Å². The second-order valence-electron chi connectivity index (χ2n) is 4.58. The lowest BCUT2D eigenvalue weighted by atomic mass is 9.87. The molecule has 0 saturated heterocycles. The first-order valence-electron chi connectivity index (χ1n) is 6.08. The fraction of sp³-hybridized carbons (Fsp3) is 0.917. The Morgan fingerprint density at radius 2 is 2.31 bits per heavy atom. The Bertz CT molecular complexity index is 211. The Morgan fingerprint density at radius 1 is 1.50 bits per heavy atom. The number of amides is 1. The van der Waals surface area contributed by atoms with E-state index >= 15 is 0 Å². The Labute approximate surface area is 103 Å². The highest BCUT2D eigenvalue weighted by molar-refractivity contribution is 7.99. The minimum absolute atomic E-state index is 0.181. The van der Waals surface area contributed by atoms with Gasteiger partial charge in [0.05, 0.1) is 12.4 Å². The van der Waals surface area contributed by atoms with Crippen molar-refractivity contribution >= 4 is 17.7 Å². The summed E-state index contributed by atoms with van der Waals surface area (Å²) in [4.78, 5) is 11.6. The predicted octanol–water partition coefficient (Wildman–Crippen LogP) is 2.06. The summed E-state index contributed by atoms with van der Waals surface area (Å²) >= 11 is 1.64. The number of rotatable bonds is 6. The first-order valence-corrected chi connectivity index (χ1v) is 7.24. The topological polar surface area (TPSA) is 38.3 Å². The second kappa shape index (κ2) is 7.96. The van der Waals surface area contributed by atoms with Gasteiger partial charge >= 0.3 is 0 Å². The third-order valence-electron chi connectivity index (χ3n) is 2.97. The molecule has 1 saturated carbocycles. The summed E-state index contributed by atoms with van der Waals surface area (Å²) in [5.74, 6) is 2.40. The number of carbonyl (C=O) groups excluding carboxylic acids is 1. The summed E-state index contributed by atoms with van der Waals surface area (Å²) in [6, 6.07) is 0.416. The molecule has 1 rings (SSSR count). The molecule has 0 spiro atoms. The van der Waals surface area contributed by atoms with Crippen LogP contribution in [0.3, 0.4) is 0 Å². The van der Waals surface area contributed by atoms with Crippen LogP contribution < -0.4 is 5.32 Å². The summed E-state index contributed by atoms with van der Waals surface area (Å²) in [6.45, 7) is 2.99. The van der Waals surface area contributed by atoms with Gasteiger partial charge in [-0.1, -0.05) is 19.8 Å². The largest absolute Gasteiger partial charge is 0.384 e. The number of methoxy groups -OCH3 is 1. The third-order valence-corrected chi connectivity index (χ3v) is 3.89. The number of nitrogens with one attached hydrogen (secondary N) is 1. The molecule has 1 N–H and O–H groups in total. The Balaban J connectivity index is 2.08. The van der Waals surface area contributed by atoms with E-state index in [4.69, 9.17) is 4.74 Å². The minimum Gasteiger partial charge on any atom is -0.384 e. The molecule has 1 aliphatic carbocycles. The van der Waals surface area contributed by atoms with Crippen molar-refractivity contribution < 1.29 is 9.53 Å². The second-order valence-corrected chi connectivity index (χ2v) is 5.69. The lowest BCUT2D eigenvalue weighted by Gasteiger charge is -2.27. The molecule has 2 unspecified atom stereocenters. The molecule has 0 aromatic heterocycles. The van der Waals surface area contributed by atoms with Gasteiger partial charge in [0.15, 0.2) is 0 Å². The minimum atomic E-state index is 0.181. The van der Waals surface area contributed by atoms with Gasteiger partial charge in [0.25, 0.3) is 0 Å². The molecule has 0 heterocycles. The van der Waals surface area contributed by atoms with E-state index in [2.05, 4.69) is 12.2 Å². The van der Waals surface area contributed by atoms with E-state index in [9.17, 15) is 4.79 Å². The van der Waals surface area contributed by atoms with Crippen LogP contribution in [0.15, 0.2) is 0 Å². The highest BCUT2D eigenvalue weighted by atomic mass is 32.2. The number of thioether (sulfide) groups is 1. The molecule has 0 radical (unpaired) electrons. The monoisotopic (exact) mass is 245 g/mol. The maximum atomic E-state index is 11.6. The summed E-state index contributed by atoms with van der Waals surface area (Å²) in [6.07, 6.45) is 4.87. The number of ether oxygens (including phenoxy) is 1. The van der Waals surface area contributed by atoms with Crippen molar-refractivity contribution in [1.82, 2.24) is 5.32 Å². The fourth-order valence-electron chi connectivity index (χ4n) is 2.14. The van der Waals surface area contributed by atoms with Gasteiger partial charge in [-0.2, -0.15) is 0 Å². The van der Waals surface area contributed by atoms with Crippen molar-refractivity contribution in [3.8, 4) is 0 Å². The van der Waals surface area contributed by atoms with Gasteiger partial charge in [0.1, 0.15) is 0 Å². The van der Waals surface area contributed by atoms with Crippen molar-refractivity contribution in [1.29, 1.82) is 0 Å². The molecule has 94 valence electrons. The van der Waals surface area contributed by atoms with Gasteiger partial charge in [-0.3, -0.25) is 4.79 Å². The molecule has 3 nitrogen and oxygen atoms in total. The van der Waals surface area contributed by atoms with E-state index < -0.39 is 0 Å². The van der Waals surface area contributed by atoms with Gasteiger partial charge in [-0.15, -0.1) is 11.8 Å². The van der Waals surface area contributed by atoms with Crippen LogP contribution >= 0.6 is 11.8 Å². The normalized spacial score (nSPS) is 25.4. The van der Waals surface area contributed by atoms with Crippen LogP contribution in [-0.2, 0) is 9.53 Å². The van der Waals surface area contributed by atoms with Crippen molar-refractivity contribution in [2.45, 2.75) is 38.6 Å². The lowest BCUT2D eigenvalue weighted by molar-refractivity contribution is -0.119. The van der Waals surface area contributed by atoms with Crippen LogP contribution in [0, 0.1) is 5.92 Å². The quantitative estimate of drug-likeness (QED) is 0.728. The van der Waals surface area contributed by atoms with Crippen LogP contribution in [0.5, 0.6) is 0 Å². The third kappa shape index (κ3) is 5.75. The number of hydrogen-bond donors (Lipinski definition) is 1. The Morgan fingerprint density at radius 3 is 3.00 bits per heavy atom. The predicted molar refractivity (Wildman–Crippen MR) is 68.8 cm³/mol. The molecule has 16 heavy (non-hydrogen) atoms. The Hall–Kier alpha value is -0.220. The number of carbonyl (C=O) groups is 1. The first kappa shape index (κ1) is 13.8. The molecular formula is C12H23NO2S. The van der Waals surface area contributed by atoms with Crippen molar-refractivity contribution in [2.75, 3.05) is 25.2 Å². The highest BCUT2D eigenvalue weighted by Gasteiger charge is 2.19. The highest BCUT2D eigenvalue weighted by Crippen LogP contribution is 2.23. The smallest absolute Gasteiger partial charge is 0.230 e. The average molecular weight is 245 g/mol. The summed E-state index contributed by atoms with van der Waals surface area (Å²) in [7, 11) is 1.68. The molecule has 4 heteroatoms. The standard InChI is InChI=1S/C12H23NO2S/c1-10-4-3-5-11(8-10)13-12(14)9-16-7-6-15-2/h10-11H,3-9H2,1-2H3,(H,13,14). The van der Waals surface area contributed by atoms with Gasteiger partial charge in [-0.25, -0.2) is 0 Å². The molecule has 1 amide bonds. The zero-order valence-corrected chi connectivity index (χ0v) is 11.1. The average Bonchev–Trinajstić information content (AvgIpc) is 2.24. The summed E-state index contributed by atoms with van der Waals surface area (Å²) < 4.78 is 4.94. The van der Waals surface area contributed by atoms with Crippen LogP contribution in [0.1, 0.15) is 32.6 Å². The molecule has 0 aromatic rings. The van der Waals surface area contributed by atoms with E-state index in [0.717, 1.165) is 31.1 Å². The van der Waals surface area contributed by atoms with E-state index in [1.54, 1.807) is 18.9 Å². The first-order chi connectivity index (χ1) is 7.72. The summed E-state index contributed by atoms with van der Waals surface area (Å²) in [5, 5.41) is 3.13. The lowest BCUT2D eigenvalue weighted by Crippen LogP contribution is -2.39. The molecule has 1 fully saturated rings.